The number of rotatable bonds is 6. The molecule has 9 aromatic carbocycles. The normalized spacial score (nSPS) is 11.6. The highest BCUT2D eigenvalue weighted by molar-refractivity contribution is 7.25. The summed E-state index contributed by atoms with van der Waals surface area (Å²) >= 11 is 1.87. The first-order valence-corrected chi connectivity index (χ1v) is 19.5. The second kappa shape index (κ2) is 12.9. The Morgan fingerprint density at radius 3 is 1.67 bits per heavy atom. The molecule has 0 saturated heterocycles. The van der Waals surface area contributed by atoms with Gasteiger partial charge in [-0.1, -0.05) is 127 Å². The Labute approximate surface area is 322 Å². The Hall–Kier alpha value is -6.94. The number of benzene rings is 9. The molecular formula is C52H33NOS. The molecule has 0 amide bonds. The highest BCUT2D eigenvalue weighted by Crippen LogP contribution is 2.41. The number of nitrogens with zero attached hydrogens (tertiary/aromatic N) is 1. The quantitative estimate of drug-likeness (QED) is 0.170. The smallest absolute Gasteiger partial charge is 0.136 e. The number of hydrogen-bond acceptors (Lipinski definition) is 3. The van der Waals surface area contributed by atoms with E-state index in [1.54, 1.807) is 0 Å². The first-order valence-electron chi connectivity index (χ1n) is 18.7. The average Bonchev–Trinajstić information content (AvgIpc) is 3.82. The SMILES string of the molecule is c1ccc(-c2ccc(N(c3ccc(-c4ccc5cc6c(cc5c4)sc4ccccc46)cc3)c3ccc(-c4cccc5oc6ccccc6c45)cc3)cc2)cc1. The van der Waals surface area contributed by atoms with E-state index in [1.807, 2.05) is 23.5 Å². The van der Waals surface area contributed by atoms with E-state index in [9.17, 15) is 0 Å². The zero-order chi connectivity index (χ0) is 36.3. The van der Waals surface area contributed by atoms with Crippen molar-refractivity contribution in [2.24, 2.45) is 0 Å². The van der Waals surface area contributed by atoms with Crippen molar-refractivity contribution in [3.8, 4) is 33.4 Å². The van der Waals surface area contributed by atoms with Crippen molar-refractivity contribution in [3.63, 3.8) is 0 Å². The standard InChI is InChI=1S/C52H33NOS/c1-2-9-34(10-3-1)35-19-25-41(26-20-35)53(43-29-23-37(24-30-43)44-13-8-15-49-52(44)46-12-4-6-14-48(46)54-49)42-27-21-36(22-28-42)38-17-18-39-32-47-45-11-5-7-16-50(45)55-51(47)33-40(39)31-38/h1-33H. The zero-order valence-electron chi connectivity index (χ0n) is 29.8. The number of fused-ring (bicyclic) bond motifs is 7. The van der Waals surface area contributed by atoms with Crippen molar-refractivity contribution in [3.05, 3.63) is 200 Å². The van der Waals surface area contributed by atoms with Gasteiger partial charge in [0.15, 0.2) is 0 Å². The molecule has 11 rings (SSSR count). The van der Waals surface area contributed by atoms with E-state index in [-0.39, 0.29) is 0 Å². The average molecular weight is 720 g/mol. The maximum Gasteiger partial charge on any atom is 0.136 e. The van der Waals surface area contributed by atoms with Gasteiger partial charge in [0.2, 0.25) is 0 Å². The molecule has 0 aliphatic heterocycles. The summed E-state index contributed by atoms with van der Waals surface area (Å²) in [5, 5.41) is 7.49. The van der Waals surface area contributed by atoms with Gasteiger partial charge in [0.05, 0.1) is 0 Å². The molecule has 258 valence electrons. The number of hydrogen-bond donors (Lipinski definition) is 0. The first-order chi connectivity index (χ1) is 27.2. The fraction of sp³-hybridized carbons (Fsp3) is 0. The lowest BCUT2D eigenvalue weighted by atomic mass is 9.98. The van der Waals surface area contributed by atoms with Gasteiger partial charge in [-0.05, 0) is 117 Å². The van der Waals surface area contributed by atoms with Crippen molar-refractivity contribution in [2.45, 2.75) is 0 Å². The molecule has 0 N–H and O–H groups in total. The second-order valence-corrected chi connectivity index (χ2v) is 15.2. The second-order valence-electron chi connectivity index (χ2n) is 14.1. The zero-order valence-corrected chi connectivity index (χ0v) is 30.6. The summed E-state index contributed by atoms with van der Waals surface area (Å²) in [5.74, 6) is 0. The highest BCUT2D eigenvalue weighted by atomic mass is 32.1. The summed E-state index contributed by atoms with van der Waals surface area (Å²) in [6, 6.07) is 72.2. The van der Waals surface area contributed by atoms with Crippen LogP contribution in [0.1, 0.15) is 0 Å². The Morgan fingerprint density at radius 1 is 0.345 bits per heavy atom. The summed E-state index contributed by atoms with van der Waals surface area (Å²) in [4.78, 5) is 2.34. The molecule has 2 heterocycles. The highest BCUT2D eigenvalue weighted by Gasteiger charge is 2.16. The minimum Gasteiger partial charge on any atom is -0.456 e. The number of para-hydroxylation sites is 1. The maximum absolute atomic E-state index is 6.22. The van der Waals surface area contributed by atoms with Crippen molar-refractivity contribution in [2.75, 3.05) is 4.90 Å². The van der Waals surface area contributed by atoms with Crippen molar-refractivity contribution >= 4 is 81.3 Å². The molecule has 0 bridgehead atoms. The van der Waals surface area contributed by atoms with Crippen molar-refractivity contribution in [1.29, 1.82) is 0 Å². The summed E-state index contributed by atoms with van der Waals surface area (Å²) in [6.45, 7) is 0. The van der Waals surface area contributed by atoms with Crippen LogP contribution >= 0.6 is 11.3 Å². The number of furan rings is 1. The van der Waals surface area contributed by atoms with Gasteiger partial charge in [-0.2, -0.15) is 0 Å². The van der Waals surface area contributed by atoms with Gasteiger partial charge in [0, 0.05) is 48.0 Å². The monoisotopic (exact) mass is 719 g/mol. The van der Waals surface area contributed by atoms with E-state index in [4.69, 9.17) is 4.42 Å². The van der Waals surface area contributed by atoms with E-state index in [1.165, 1.54) is 58.8 Å². The fourth-order valence-corrected chi connectivity index (χ4v) is 9.27. The maximum atomic E-state index is 6.22. The lowest BCUT2D eigenvalue weighted by molar-refractivity contribution is 0.669. The van der Waals surface area contributed by atoms with Crippen LogP contribution in [0.3, 0.4) is 0 Å². The Bertz CT molecular complexity index is 3170. The van der Waals surface area contributed by atoms with Crippen LogP contribution in [0.25, 0.3) is 86.3 Å². The molecule has 0 aliphatic carbocycles. The van der Waals surface area contributed by atoms with E-state index < -0.39 is 0 Å². The molecule has 0 fully saturated rings. The summed E-state index contributed by atoms with van der Waals surface area (Å²) in [5.41, 5.74) is 12.2. The first kappa shape index (κ1) is 31.6. The number of thiophene rings is 1. The lowest BCUT2D eigenvalue weighted by Crippen LogP contribution is -2.09. The molecule has 0 unspecified atom stereocenters. The van der Waals surface area contributed by atoms with Gasteiger partial charge in [-0.3, -0.25) is 0 Å². The molecule has 2 nitrogen and oxygen atoms in total. The summed E-state index contributed by atoms with van der Waals surface area (Å²) in [6.07, 6.45) is 0. The third-order valence-electron chi connectivity index (χ3n) is 10.9. The molecule has 0 saturated carbocycles. The molecule has 0 radical (unpaired) electrons. The summed E-state index contributed by atoms with van der Waals surface area (Å²) in [7, 11) is 0. The van der Waals surface area contributed by atoms with Gasteiger partial charge < -0.3 is 9.32 Å². The van der Waals surface area contributed by atoms with E-state index in [2.05, 4.69) is 193 Å². The minimum atomic E-state index is 0.905. The van der Waals surface area contributed by atoms with Crippen LogP contribution in [-0.4, -0.2) is 0 Å². The molecule has 55 heavy (non-hydrogen) atoms. The Balaban J connectivity index is 0.973. The summed E-state index contributed by atoms with van der Waals surface area (Å²) < 4.78 is 8.88. The van der Waals surface area contributed by atoms with E-state index >= 15 is 0 Å². The topological polar surface area (TPSA) is 16.4 Å². The van der Waals surface area contributed by atoms with Crippen LogP contribution in [0.2, 0.25) is 0 Å². The van der Waals surface area contributed by atoms with Crippen LogP contribution in [-0.2, 0) is 0 Å². The third kappa shape index (κ3) is 5.48. The van der Waals surface area contributed by atoms with Crippen LogP contribution in [0, 0.1) is 0 Å². The fourth-order valence-electron chi connectivity index (χ4n) is 8.14. The Kier molecular flexibility index (Phi) is 7.39. The predicted octanol–water partition coefficient (Wildman–Crippen LogP) is 15.6. The molecule has 0 aliphatic rings. The van der Waals surface area contributed by atoms with Gasteiger partial charge in [0.25, 0.3) is 0 Å². The molecule has 3 heteroatoms. The van der Waals surface area contributed by atoms with Crippen LogP contribution in [0.4, 0.5) is 17.1 Å². The van der Waals surface area contributed by atoms with Crippen molar-refractivity contribution in [1.82, 2.24) is 0 Å². The van der Waals surface area contributed by atoms with Gasteiger partial charge in [0.1, 0.15) is 11.2 Å². The number of anilines is 3. The molecule has 11 aromatic rings. The molecule has 0 atom stereocenters. The van der Waals surface area contributed by atoms with E-state index in [0.29, 0.717) is 0 Å². The third-order valence-corrected chi connectivity index (χ3v) is 12.0. The van der Waals surface area contributed by atoms with Gasteiger partial charge >= 0.3 is 0 Å². The lowest BCUT2D eigenvalue weighted by Gasteiger charge is -2.26. The largest absolute Gasteiger partial charge is 0.456 e. The molecular weight excluding hydrogens is 687 g/mol. The molecule has 2 aromatic heterocycles. The van der Waals surface area contributed by atoms with Crippen molar-refractivity contribution < 1.29 is 4.42 Å². The van der Waals surface area contributed by atoms with E-state index in [0.717, 1.165) is 44.6 Å². The Morgan fingerprint density at radius 2 is 0.927 bits per heavy atom. The minimum absolute atomic E-state index is 0.905. The van der Waals surface area contributed by atoms with Crippen LogP contribution in [0.15, 0.2) is 205 Å². The predicted molar refractivity (Wildman–Crippen MR) is 235 cm³/mol. The van der Waals surface area contributed by atoms with Crippen LogP contribution < -0.4 is 4.90 Å². The van der Waals surface area contributed by atoms with Crippen LogP contribution in [0.5, 0.6) is 0 Å². The van der Waals surface area contributed by atoms with Gasteiger partial charge in [-0.25, -0.2) is 0 Å². The molecule has 0 spiro atoms. The van der Waals surface area contributed by atoms with Gasteiger partial charge in [-0.15, -0.1) is 11.3 Å².